The number of likely N-dealkylation sites (N-methyl/N-ethyl adjacent to an activating group) is 1. The minimum absolute atomic E-state index is 0.0276. The van der Waals surface area contributed by atoms with Crippen LogP contribution in [0.5, 0.6) is 5.75 Å². The summed E-state index contributed by atoms with van der Waals surface area (Å²) in [6.45, 7) is 1.44. The molecule has 0 aromatic heterocycles. The second-order valence-electron chi connectivity index (χ2n) is 10.8. The Kier molecular flexibility index (Phi) is 6.56. The van der Waals surface area contributed by atoms with Crippen molar-refractivity contribution in [2.45, 2.75) is 24.5 Å². The van der Waals surface area contributed by atoms with Gasteiger partial charge in [-0.2, -0.15) is 0 Å². The number of primary amides is 1. The summed E-state index contributed by atoms with van der Waals surface area (Å²) in [5, 5.41) is 25.2. The topological polar surface area (TPSA) is 197 Å². The summed E-state index contributed by atoms with van der Waals surface area (Å²) in [5.74, 6) is -11.2. The molecule has 39 heavy (non-hydrogen) atoms. The van der Waals surface area contributed by atoms with Crippen LogP contribution in [-0.4, -0.2) is 107 Å². The molecule has 3 aliphatic carbocycles. The van der Waals surface area contributed by atoms with Gasteiger partial charge in [0.2, 0.25) is 5.91 Å². The highest BCUT2D eigenvalue weighted by atomic mass is 16.5. The number of hydrogen-bond acceptors (Lipinski definition) is 10. The molecular weight excluding hydrogens is 512 g/mol. The zero-order chi connectivity index (χ0) is 28.4. The molecule has 1 aliphatic heterocycles. The zero-order valence-electron chi connectivity index (χ0n) is 21.5. The number of hydrogen-bond donors (Lipinski definition) is 4. The lowest BCUT2D eigenvalue weighted by molar-refractivity contribution is -0.181. The van der Waals surface area contributed by atoms with Crippen LogP contribution in [0.2, 0.25) is 0 Å². The largest absolute Gasteiger partial charge is 0.505 e. The van der Waals surface area contributed by atoms with Gasteiger partial charge in [0.15, 0.2) is 34.7 Å². The van der Waals surface area contributed by atoms with Gasteiger partial charge < -0.3 is 30.9 Å². The maximum Gasteiger partial charge on any atom is 0.322 e. The van der Waals surface area contributed by atoms with Gasteiger partial charge in [-0.1, -0.05) is 6.07 Å². The number of fused-ring (bicyclic) bond motifs is 3. The van der Waals surface area contributed by atoms with Crippen molar-refractivity contribution in [1.29, 1.82) is 0 Å². The number of ether oxygens (including phenoxy) is 1. The zero-order valence-corrected chi connectivity index (χ0v) is 21.5. The average molecular weight is 543 g/mol. The number of Topliss-reactive ketones (excluding diaryl/α,β-unsaturated/α-hetero) is 4. The van der Waals surface area contributed by atoms with Crippen molar-refractivity contribution in [3.8, 4) is 5.75 Å². The third kappa shape index (κ3) is 3.95. The number of carbonyl (C=O) groups is 6. The summed E-state index contributed by atoms with van der Waals surface area (Å²) in [6, 6.07) is 1.39. The van der Waals surface area contributed by atoms with E-state index in [4.69, 9.17) is 10.5 Å². The molecule has 13 nitrogen and oxygen atoms in total. The fourth-order valence-corrected chi connectivity index (χ4v) is 6.64. The molecule has 1 heterocycles. The second-order valence-corrected chi connectivity index (χ2v) is 10.8. The van der Waals surface area contributed by atoms with Crippen molar-refractivity contribution in [1.82, 2.24) is 9.80 Å². The fourth-order valence-electron chi connectivity index (χ4n) is 6.64. The van der Waals surface area contributed by atoms with Crippen LogP contribution in [-0.2, 0) is 30.3 Å². The van der Waals surface area contributed by atoms with Crippen LogP contribution in [0, 0.1) is 23.7 Å². The Morgan fingerprint density at radius 1 is 1.13 bits per heavy atom. The number of carbonyl (C=O) groups excluding carboxylic acids is 6. The number of phenolic OH excluding ortho intramolecular Hbond substituents is 1. The number of morpholine rings is 1. The molecule has 3 fully saturated rings. The Morgan fingerprint density at radius 3 is 2.41 bits per heavy atom. The standard InChI is InChI=1S/C26H30N4O9/c1-29(2)18-13-10-12-9-11-3-4-14(28-25(37)30-5-7-39-8-6-30)19(31)15(11)20(32)16(12)22(34)26(13,38)23(35)17(21(18)33)24(27)36/h3-4,12-13,16-18,31,38H,5-10H2,1-2H3,(H2,27,36)(H,28,37)/t12-,13-,16?,17?,18-,26-/m0/s1. The Morgan fingerprint density at radius 2 is 1.79 bits per heavy atom. The second kappa shape index (κ2) is 9.50. The average Bonchev–Trinajstić information content (AvgIpc) is 2.88. The Labute approximate surface area is 223 Å². The lowest BCUT2D eigenvalue weighted by Gasteiger charge is -2.52. The highest BCUT2D eigenvalue weighted by Gasteiger charge is 2.69. The number of aromatic hydroxyl groups is 1. The molecule has 1 aromatic rings. The number of amides is 3. The monoisotopic (exact) mass is 542 g/mol. The van der Waals surface area contributed by atoms with E-state index in [0.717, 1.165) is 0 Å². The van der Waals surface area contributed by atoms with Crippen molar-refractivity contribution < 1.29 is 43.7 Å². The number of nitrogens with one attached hydrogen (secondary N) is 1. The molecule has 5 rings (SSSR count). The molecule has 2 saturated carbocycles. The number of nitrogens with two attached hydrogens (primary N) is 1. The first-order valence-electron chi connectivity index (χ1n) is 12.7. The van der Waals surface area contributed by atoms with Crippen molar-refractivity contribution in [2.24, 2.45) is 29.4 Å². The number of anilines is 1. The van der Waals surface area contributed by atoms with Gasteiger partial charge in [-0.05, 0) is 44.5 Å². The highest BCUT2D eigenvalue weighted by Crippen LogP contribution is 2.51. The SMILES string of the molecule is CN(C)[C@@H]1C(=O)C(C(N)=O)C(=O)[C@@]2(O)C(=O)C3C(=O)c4c(ccc(NC(=O)N5CCOCC5)c4O)C[C@H]3C[C@@H]12. The number of benzene rings is 1. The number of ketones is 4. The molecule has 6 atom stereocenters. The summed E-state index contributed by atoms with van der Waals surface area (Å²) in [7, 11) is 3.05. The summed E-state index contributed by atoms with van der Waals surface area (Å²) < 4.78 is 5.23. The minimum atomic E-state index is -2.78. The summed E-state index contributed by atoms with van der Waals surface area (Å²) in [4.78, 5) is 81.6. The molecule has 1 aromatic carbocycles. The molecule has 0 bridgehead atoms. The summed E-state index contributed by atoms with van der Waals surface area (Å²) in [6.07, 6.45) is 0.122. The van der Waals surface area contributed by atoms with E-state index in [9.17, 15) is 39.0 Å². The van der Waals surface area contributed by atoms with Crippen LogP contribution in [0.1, 0.15) is 22.3 Å². The Hall–Kier alpha value is -3.68. The third-order valence-corrected chi connectivity index (χ3v) is 8.47. The lowest BCUT2D eigenvalue weighted by atomic mass is 9.52. The van der Waals surface area contributed by atoms with E-state index in [-0.39, 0.29) is 24.1 Å². The molecular formula is C26H30N4O9. The van der Waals surface area contributed by atoms with E-state index in [1.807, 2.05) is 0 Å². The minimum Gasteiger partial charge on any atom is -0.505 e. The van der Waals surface area contributed by atoms with E-state index in [2.05, 4.69) is 5.32 Å². The quantitative estimate of drug-likeness (QED) is 0.264. The Balaban J connectivity index is 1.51. The molecule has 4 aliphatic rings. The van der Waals surface area contributed by atoms with Crippen molar-refractivity contribution in [3.63, 3.8) is 0 Å². The van der Waals surface area contributed by atoms with Crippen LogP contribution in [0.3, 0.4) is 0 Å². The van der Waals surface area contributed by atoms with Crippen LogP contribution in [0.15, 0.2) is 12.1 Å². The number of aliphatic hydroxyl groups is 1. The normalized spacial score (nSPS) is 32.4. The Bertz CT molecular complexity index is 1300. The van der Waals surface area contributed by atoms with Crippen LogP contribution >= 0.6 is 0 Å². The molecule has 0 spiro atoms. The van der Waals surface area contributed by atoms with Crippen molar-refractivity contribution >= 4 is 40.8 Å². The smallest absolute Gasteiger partial charge is 0.322 e. The number of phenols is 1. The molecule has 208 valence electrons. The van der Waals surface area contributed by atoms with Gasteiger partial charge in [0.05, 0.1) is 36.4 Å². The molecule has 3 amide bonds. The fraction of sp³-hybridized carbons (Fsp3) is 0.538. The van der Waals surface area contributed by atoms with Gasteiger partial charge in [0, 0.05) is 19.0 Å². The van der Waals surface area contributed by atoms with E-state index in [1.54, 1.807) is 6.07 Å². The van der Waals surface area contributed by atoms with Gasteiger partial charge in [-0.3, -0.25) is 28.9 Å². The maximum atomic E-state index is 13.8. The first-order valence-corrected chi connectivity index (χ1v) is 12.7. The van der Waals surface area contributed by atoms with E-state index >= 15 is 0 Å². The molecule has 0 radical (unpaired) electrons. The van der Waals surface area contributed by atoms with Crippen LogP contribution in [0.25, 0.3) is 0 Å². The van der Waals surface area contributed by atoms with Crippen LogP contribution in [0.4, 0.5) is 10.5 Å². The number of nitrogens with zero attached hydrogens (tertiary/aromatic N) is 2. The summed E-state index contributed by atoms with van der Waals surface area (Å²) in [5.41, 5.74) is 2.77. The first-order chi connectivity index (χ1) is 18.4. The number of urea groups is 1. The first kappa shape index (κ1) is 26.9. The predicted molar refractivity (Wildman–Crippen MR) is 133 cm³/mol. The van der Waals surface area contributed by atoms with Gasteiger partial charge >= 0.3 is 6.03 Å². The van der Waals surface area contributed by atoms with Crippen molar-refractivity contribution in [3.05, 3.63) is 23.3 Å². The lowest BCUT2D eigenvalue weighted by Crippen LogP contribution is -2.74. The third-order valence-electron chi connectivity index (χ3n) is 8.47. The van der Waals surface area contributed by atoms with Gasteiger partial charge in [0.25, 0.3) is 0 Å². The van der Waals surface area contributed by atoms with Gasteiger partial charge in [0.1, 0.15) is 5.75 Å². The predicted octanol–water partition coefficient (Wildman–Crippen LogP) is -1.27. The van der Waals surface area contributed by atoms with Crippen molar-refractivity contribution in [2.75, 3.05) is 45.7 Å². The number of rotatable bonds is 3. The summed E-state index contributed by atoms with van der Waals surface area (Å²) >= 11 is 0. The molecule has 5 N–H and O–H groups in total. The molecule has 13 heteroatoms. The maximum absolute atomic E-state index is 13.8. The molecule has 1 saturated heterocycles. The van der Waals surface area contributed by atoms with Crippen LogP contribution < -0.4 is 11.1 Å². The van der Waals surface area contributed by atoms with E-state index in [1.165, 1.54) is 30.0 Å². The van der Waals surface area contributed by atoms with Gasteiger partial charge in [-0.25, -0.2) is 4.79 Å². The van der Waals surface area contributed by atoms with E-state index < -0.39 is 76.1 Å². The van der Waals surface area contributed by atoms with Gasteiger partial charge in [-0.15, -0.1) is 0 Å². The van der Waals surface area contributed by atoms with E-state index in [0.29, 0.717) is 31.9 Å². The molecule has 2 unspecified atom stereocenters. The highest BCUT2D eigenvalue weighted by molar-refractivity contribution is 6.32.